The molecule has 3 aromatic carbocycles. The van der Waals surface area contributed by atoms with Gasteiger partial charge in [-0.05, 0) is 98.7 Å². The minimum Gasteiger partial charge on any atom is -0.466 e. The van der Waals surface area contributed by atoms with Crippen LogP contribution in [0.5, 0.6) is 0 Å². The fraction of sp³-hybridized carbons (Fsp3) is 0.300. The summed E-state index contributed by atoms with van der Waals surface area (Å²) in [5, 5.41) is 3.49. The van der Waals surface area contributed by atoms with Crippen molar-refractivity contribution < 1.29 is 19.1 Å². The average Bonchev–Trinajstić information content (AvgIpc) is 3.03. The molecular weight excluding hydrogens is 488 g/mol. The number of carbonyl (C=O) groups is 3. The number of fused-ring (bicyclic) bond motifs is 1. The van der Waals surface area contributed by atoms with Gasteiger partial charge in [0.15, 0.2) is 0 Å². The van der Waals surface area contributed by atoms with E-state index in [0.717, 1.165) is 35.2 Å². The maximum absolute atomic E-state index is 13.8. The third-order valence-corrected chi connectivity index (χ3v) is 6.96. The van der Waals surface area contributed by atoms with E-state index in [1.807, 2.05) is 50.2 Å². The van der Waals surface area contributed by atoms with Crippen molar-refractivity contribution in [2.75, 3.05) is 23.4 Å². The van der Waals surface area contributed by atoms with Crippen LogP contribution >= 0.6 is 11.6 Å². The Labute approximate surface area is 222 Å². The predicted octanol–water partition coefficient (Wildman–Crippen LogP) is 6.69. The Morgan fingerprint density at radius 1 is 1.00 bits per heavy atom. The normalized spacial score (nSPS) is 14.9. The predicted molar refractivity (Wildman–Crippen MR) is 147 cm³/mol. The molecule has 0 bridgehead atoms. The smallest absolute Gasteiger partial charge is 0.306 e. The molecule has 0 saturated heterocycles. The Balaban J connectivity index is 1.59. The van der Waals surface area contributed by atoms with Crippen LogP contribution in [0.4, 0.5) is 11.4 Å². The number of benzene rings is 3. The molecule has 1 heterocycles. The van der Waals surface area contributed by atoms with Gasteiger partial charge in [0.25, 0.3) is 11.8 Å². The lowest BCUT2D eigenvalue weighted by atomic mass is 9.91. The Morgan fingerprint density at radius 2 is 1.78 bits per heavy atom. The standard InChI is InChI=1S/C30H31ClN2O4/c1-4-37-28(34)17-21-9-7-15-33(27-14-11-22(31)18-26(21)27)30(36)25-13-12-23(16-20(25)3)32-29(35)24-10-6-5-8-19(24)2/h5-6,8,10-14,16,18,21H,4,7,9,15,17H2,1-3H3,(H,32,35). The maximum Gasteiger partial charge on any atom is 0.306 e. The van der Waals surface area contributed by atoms with Crippen molar-refractivity contribution >= 4 is 40.8 Å². The van der Waals surface area contributed by atoms with Crippen LogP contribution < -0.4 is 10.2 Å². The second-order valence-corrected chi connectivity index (χ2v) is 9.74. The minimum atomic E-state index is -0.252. The minimum absolute atomic E-state index is 0.0781. The first-order valence-electron chi connectivity index (χ1n) is 12.5. The van der Waals surface area contributed by atoms with Gasteiger partial charge >= 0.3 is 5.97 Å². The molecule has 3 aromatic rings. The van der Waals surface area contributed by atoms with Gasteiger partial charge in [0.2, 0.25) is 0 Å². The second kappa shape index (κ2) is 11.6. The van der Waals surface area contributed by atoms with Crippen molar-refractivity contribution in [2.24, 2.45) is 0 Å². The Kier molecular flexibility index (Phi) is 8.29. The zero-order valence-electron chi connectivity index (χ0n) is 21.3. The van der Waals surface area contributed by atoms with E-state index >= 15 is 0 Å². The molecule has 0 aliphatic carbocycles. The zero-order valence-corrected chi connectivity index (χ0v) is 22.1. The van der Waals surface area contributed by atoms with E-state index in [1.54, 1.807) is 36.1 Å². The van der Waals surface area contributed by atoms with Crippen molar-refractivity contribution in [3.8, 4) is 0 Å². The first-order valence-corrected chi connectivity index (χ1v) is 12.9. The maximum atomic E-state index is 13.8. The third kappa shape index (κ3) is 6.03. The van der Waals surface area contributed by atoms with Crippen molar-refractivity contribution in [3.63, 3.8) is 0 Å². The van der Waals surface area contributed by atoms with Crippen molar-refractivity contribution in [3.05, 3.63) is 93.5 Å². The summed E-state index contributed by atoms with van der Waals surface area (Å²) >= 11 is 6.32. The number of carbonyl (C=O) groups excluding carboxylic acids is 3. The number of ether oxygens (including phenoxy) is 1. The Bertz CT molecular complexity index is 1340. The summed E-state index contributed by atoms with van der Waals surface area (Å²) in [6, 6.07) is 18.2. The lowest BCUT2D eigenvalue weighted by Crippen LogP contribution is -2.32. The van der Waals surface area contributed by atoms with Gasteiger partial charge in [-0.2, -0.15) is 0 Å². The number of nitrogens with one attached hydrogen (secondary N) is 1. The number of rotatable bonds is 6. The van der Waals surface area contributed by atoms with Gasteiger partial charge in [0.05, 0.1) is 13.0 Å². The van der Waals surface area contributed by atoms with E-state index < -0.39 is 0 Å². The molecule has 1 unspecified atom stereocenters. The lowest BCUT2D eigenvalue weighted by molar-refractivity contribution is -0.143. The van der Waals surface area contributed by atoms with Gasteiger partial charge < -0.3 is 15.0 Å². The van der Waals surface area contributed by atoms with Crippen LogP contribution in [-0.2, 0) is 9.53 Å². The molecule has 1 atom stereocenters. The van der Waals surface area contributed by atoms with Gasteiger partial charge in [0, 0.05) is 34.1 Å². The summed E-state index contributed by atoms with van der Waals surface area (Å²) in [4.78, 5) is 40.5. The summed E-state index contributed by atoms with van der Waals surface area (Å²) in [6.45, 7) is 6.40. The quantitative estimate of drug-likeness (QED) is 0.369. The number of aryl methyl sites for hydroxylation is 2. The summed E-state index contributed by atoms with van der Waals surface area (Å²) in [5.41, 5.74) is 5.08. The summed E-state index contributed by atoms with van der Waals surface area (Å²) in [5.74, 6) is -0.653. The molecule has 0 saturated carbocycles. The van der Waals surface area contributed by atoms with E-state index in [-0.39, 0.29) is 30.1 Å². The lowest BCUT2D eigenvalue weighted by Gasteiger charge is -2.25. The number of nitrogens with zero attached hydrogens (tertiary/aromatic N) is 1. The summed E-state index contributed by atoms with van der Waals surface area (Å²) < 4.78 is 5.18. The van der Waals surface area contributed by atoms with Crippen LogP contribution in [-0.4, -0.2) is 30.9 Å². The molecular formula is C30H31ClN2O4. The molecule has 37 heavy (non-hydrogen) atoms. The zero-order chi connectivity index (χ0) is 26.5. The Hall–Kier alpha value is -3.64. The first kappa shape index (κ1) is 26.4. The van der Waals surface area contributed by atoms with Crippen LogP contribution in [0.15, 0.2) is 60.7 Å². The molecule has 7 heteroatoms. The summed E-state index contributed by atoms with van der Waals surface area (Å²) in [6.07, 6.45) is 1.74. The molecule has 0 radical (unpaired) electrons. The average molecular weight is 519 g/mol. The number of hydrogen-bond donors (Lipinski definition) is 1. The molecule has 0 spiro atoms. The molecule has 6 nitrogen and oxygen atoms in total. The van der Waals surface area contributed by atoms with Gasteiger partial charge in [0.1, 0.15) is 0 Å². The van der Waals surface area contributed by atoms with Crippen LogP contribution in [0.1, 0.15) is 69.5 Å². The van der Waals surface area contributed by atoms with Gasteiger partial charge in [-0.25, -0.2) is 0 Å². The molecule has 4 rings (SSSR count). The Morgan fingerprint density at radius 3 is 2.51 bits per heavy atom. The highest BCUT2D eigenvalue weighted by Crippen LogP contribution is 2.39. The molecule has 1 aliphatic rings. The molecule has 1 aliphatic heterocycles. The number of halogens is 1. The van der Waals surface area contributed by atoms with Crippen LogP contribution in [0.2, 0.25) is 5.02 Å². The number of hydrogen-bond acceptors (Lipinski definition) is 4. The van der Waals surface area contributed by atoms with Crippen LogP contribution in [0.3, 0.4) is 0 Å². The fourth-order valence-electron chi connectivity index (χ4n) is 4.87. The molecule has 1 N–H and O–H groups in total. The third-order valence-electron chi connectivity index (χ3n) is 6.72. The molecule has 192 valence electrons. The number of anilines is 2. The van der Waals surface area contributed by atoms with Gasteiger partial charge in [-0.1, -0.05) is 29.8 Å². The highest BCUT2D eigenvalue weighted by Gasteiger charge is 2.29. The van der Waals surface area contributed by atoms with Crippen molar-refractivity contribution in [1.82, 2.24) is 0 Å². The van der Waals surface area contributed by atoms with Gasteiger partial charge in [-0.15, -0.1) is 0 Å². The van der Waals surface area contributed by atoms with Gasteiger partial charge in [-0.3, -0.25) is 14.4 Å². The number of esters is 1. The highest BCUT2D eigenvalue weighted by molar-refractivity contribution is 6.30. The van der Waals surface area contributed by atoms with E-state index in [1.165, 1.54) is 0 Å². The van der Waals surface area contributed by atoms with Crippen molar-refractivity contribution in [1.29, 1.82) is 0 Å². The van der Waals surface area contributed by atoms with E-state index in [9.17, 15) is 14.4 Å². The summed E-state index contributed by atoms with van der Waals surface area (Å²) in [7, 11) is 0. The van der Waals surface area contributed by atoms with E-state index in [0.29, 0.717) is 35.0 Å². The van der Waals surface area contributed by atoms with Crippen LogP contribution in [0, 0.1) is 13.8 Å². The van der Waals surface area contributed by atoms with Crippen molar-refractivity contribution in [2.45, 2.75) is 46.0 Å². The molecule has 0 fully saturated rings. The monoisotopic (exact) mass is 518 g/mol. The molecule has 0 aromatic heterocycles. The highest BCUT2D eigenvalue weighted by atomic mass is 35.5. The molecule has 2 amide bonds. The van der Waals surface area contributed by atoms with Crippen LogP contribution in [0.25, 0.3) is 0 Å². The number of amides is 2. The fourth-order valence-corrected chi connectivity index (χ4v) is 5.05. The first-order chi connectivity index (χ1) is 17.8. The largest absolute Gasteiger partial charge is 0.466 e. The van der Waals surface area contributed by atoms with E-state index in [4.69, 9.17) is 16.3 Å². The van der Waals surface area contributed by atoms with E-state index in [2.05, 4.69) is 5.32 Å². The topological polar surface area (TPSA) is 75.7 Å². The second-order valence-electron chi connectivity index (χ2n) is 9.31. The SMILES string of the molecule is CCOC(=O)CC1CCCN(C(=O)c2ccc(NC(=O)c3ccccc3C)cc2C)c2ccc(Cl)cc21.